The minimum absolute atomic E-state index is 0.0216. The molecule has 0 aliphatic heterocycles. The molecule has 0 bridgehead atoms. The highest BCUT2D eigenvalue weighted by molar-refractivity contribution is 7.46. The third-order valence-electron chi connectivity index (χ3n) is 6.81. The number of carbonyl (C=O) groups is 4. The van der Waals surface area contributed by atoms with Crippen LogP contribution in [-0.4, -0.2) is 45.9 Å². The van der Waals surface area contributed by atoms with Crippen LogP contribution >= 0.6 is 7.82 Å². The van der Waals surface area contributed by atoms with Crippen LogP contribution in [0.15, 0.2) is 24.3 Å². The van der Waals surface area contributed by atoms with Gasteiger partial charge in [-0.05, 0) is 49.3 Å². The van der Waals surface area contributed by atoms with Crippen molar-refractivity contribution in [3.05, 3.63) is 29.8 Å². The van der Waals surface area contributed by atoms with Crippen LogP contribution in [0.5, 0.6) is 5.75 Å². The van der Waals surface area contributed by atoms with Crippen molar-refractivity contribution in [1.82, 2.24) is 10.6 Å². The summed E-state index contributed by atoms with van der Waals surface area (Å²) in [5.74, 6) is -1.73. The highest BCUT2D eigenvalue weighted by Crippen LogP contribution is 2.37. The van der Waals surface area contributed by atoms with Gasteiger partial charge in [-0.15, -0.1) is 0 Å². The van der Waals surface area contributed by atoms with Crippen molar-refractivity contribution in [2.75, 3.05) is 6.54 Å². The number of nitrogens with two attached hydrogens (primary N) is 1. The Kier molecular flexibility index (Phi) is 16.4. The number of nitrogens with one attached hydrogen (secondary N) is 2. The fraction of sp³-hybridized carbons (Fsp3) is 0.643. The summed E-state index contributed by atoms with van der Waals surface area (Å²) in [7, 11) is -4.70. The van der Waals surface area contributed by atoms with E-state index in [2.05, 4.69) is 15.2 Å². The molecule has 0 heterocycles. The van der Waals surface area contributed by atoms with E-state index in [1.807, 2.05) is 20.8 Å². The maximum absolute atomic E-state index is 13.5. The molecule has 0 fully saturated rings. The van der Waals surface area contributed by atoms with Gasteiger partial charge in [0, 0.05) is 31.7 Å². The van der Waals surface area contributed by atoms with Crippen molar-refractivity contribution in [3.63, 3.8) is 0 Å². The van der Waals surface area contributed by atoms with E-state index in [-0.39, 0.29) is 54.4 Å². The van der Waals surface area contributed by atoms with Gasteiger partial charge in [0.2, 0.25) is 17.7 Å². The van der Waals surface area contributed by atoms with E-state index in [1.54, 1.807) is 12.1 Å². The lowest BCUT2D eigenvalue weighted by Gasteiger charge is -2.25. The number of Topliss-reactive ketones (excluding diaryl/α,β-unsaturated/α-hetero) is 1. The molecule has 0 aliphatic carbocycles. The zero-order chi connectivity index (χ0) is 30.1. The van der Waals surface area contributed by atoms with Gasteiger partial charge in [0.05, 0.1) is 6.04 Å². The Morgan fingerprint density at radius 1 is 0.975 bits per heavy atom. The SMILES string of the molecule is CCCCCC(=O)N[C@@H](Cc1ccc(OP(=O)(O)O)cc1)C(=O)C[C@@H](C(=O)NCCCCCC(N)=O)[C@@H](C)CC. The molecule has 40 heavy (non-hydrogen) atoms. The molecule has 11 nitrogen and oxygen atoms in total. The second-order valence-corrected chi connectivity index (χ2v) is 11.4. The lowest BCUT2D eigenvalue weighted by Crippen LogP contribution is -2.45. The Balaban J connectivity index is 2.95. The van der Waals surface area contributed by atoms with Gasteiger partial charge in [-0.25, -0.2) is 4.57 Å². The molecule has 0 aliphatic rings. The highest BCUT2D eigenvalue weighted by Gasteiger charge is 2.30. The summed E-state index contributed by atoms with van der Waals surface area (Å²) in [4.78, 5) is 68.1. The van der Waals surface area contributed by atoms with Crippen molar-refractivity contribution in [3.8, 4) is 5.75 Å². The predicted octanol–water partition coefficient (Wildman–Crippen LogP) is 3.55. The van der Waals surface area contributed by atoms with Crippen LogP contribution in [-0.2, 0) is 30.2 Å². The van der Waals surface area contributed by atoms with Crippen LogP contribution in [0.2, 0.25) is 0 Å². The van der Waals surface area contributed by atoms with Gasteiger partial charge in [0.1, 0.15) is 5.75 Å². The Bertz CT molecular complexity index is 996. The van der Waals surface area contributed by atoms with Crippen molar-refractivity contribution < 1.29 is 38.1 Å². The van der Waals surface area contributed by atoms with Crippen molar-refractivity contribution in [1.29, 1.82) is 0 Å². The number of hydrogen-bond acceptors (Lipinski definition) is 6. The summed E-state index contributed by atoms with van der Waals surface area (Å²) in [6.07, 6.45) is 6.06. The number of rotatable bonds is 21. The Morgan fingerprint density at radius 2 is 1.62 bits per heavy atom. The lowest BCUT2D eigenvalue weighted by atomic mass is 9.84. The lowest BCUT2D eigenvalue weighted by molar-refractivity contribution is -0.133. The topological polar surface area (TPSA) is 185 Å². The van der Waals surface area contributed by atoms with Crippen LogP contribution in [0.3, 0.4) is 0 Å². The number of primary amides is 1. The van der Waals surface area contributed by atoms with Crippen LogP contribution < -0.4 is 20.9 Å². The molecule has 0 spiro atoms. The Labute approximate surface area is 237 Å². The number of carbonyl (C=O) groups excluding carboxylic acids is 4. The quantitative estimate of drug-likeness (QED) is 0.107. The molecular formula is C28H46N3O8P. The number of unbranched alkanes of at least 4 members (excludes halogenated alkanes) is 4. The molecular weight excluding hydrogens is 537 g/mol. The molecule has 1 aromatic rings. The molecule has 6 N–H and O–H groups in total. The first-order valence-corrected chi connectivity index (χ1v) is 15.6. The molecule has 226 valence electrons. The Hall–Kier alpha value is -2.75. The van der Waals surface area contributed by atoms with Gasteiger partial charge < -0.3 is 20.9 Å². The van der Waals surface area contributed by atoms with Gasteiger partial charge in [-0.1, -0.05) is 58.6 Å². The monoisotopic (exact) mass is 583 g/mol. The first-order chi connectivity index (χ1) is 18.9. The average Bonchev–Trinajstić information content (AvgIpc) is 2.88. The van der Waals surface area contributed by atoms with E-state index in [9.17, 15) is 23.7 Å². The van der Waals surface area contributed by atoms with Crippen LogP contribution in [0.4, 0.5) is 0 Å². The van der Waals surface area contributed by atoms with Crippen molar-refractivity contribution in [2.45, 2.75) is 97.4 Å². The first kappa shape index (κ1) is 35.3. The number of amides is 3. The fourth-order valence-corrected chi connectivity index (χ4v) is 4.64. The fourth-order valence-electron chi connectivity index (χ4n) is 4.25. The molecule has 3 amide bonds. The standard InChI is InChI=1S/C28H46N3O8P/c1-4-6-8-12-27(34)31-24(18-21-13-15-22(16-14-21)39-40(36,37)38)25(32)19-23(20(3)5-2)28(35)30-17-10-7-9-11-26(29)33/h13-16,20,23-24H,4-12,17-19H2,1-3H3,(H2,29,33)(H,30,35)(H,31,34)(H2,36,37,38)/t20-,23+,24-/m0/s1. The molecule has 3 atom stereocenters. The third kappa shape index (κ3) is 15.1. The van der Waals surface area contributed by atoms with E-state index in [0.717, 1.165) is 19.3 Å². The normalized spacial score (nSPS) is 13.6. The number of phosphoric ester groups is 1. The second kappa shape index (κ2) is 18.6. The minimum Gasteiger partial charge on any atom is -0.404 e. The molecule has 0 unspecified atom stereocenters. The van der Waals surface area contributed by atoms with Crippen LogP contribution in [0.25, 0.3) is 0 Å². The average molecular weight is 584 g/mol. The molecule has 1 aromatic carbocycles. The van der Waals surface area contributed by atoms with Crippen LogP contribution in [0.1, 0.15) is 90.5 Å². The summed E-state index contributed by atoms with van der Waals surface area (Å²) < 4.78 is 15.7. The zero-order valence-electron chi connectivity index (χ0n) is 23.9. The summed E-state index contributed by atoms with van der Waals surface area (Å²) in [6, 6.07) is 5.06. The zero-order valence-corrected chi connectivity index (χ0v) is 24.8. The maximum Gasteiger partial charge on any atom is 0.524 e. The molecule has 1 rings (SSSR count). The summed E-state index contributed by atoms with van der Waals surface area (Å²) in [5.41, 5.74) is 5.81. The number of phosphoric acid groups is 1. The van der Waals surface area contributed by atoms with Gasteiger partial charge in [0.25, 0.3) is 0 Å². The maximum atomic E-state index is 13.5. The summed E-state index contributed by atoms with van der Waals surface area (Å²) >= 11 is 0. The highest BCUT2D eigenvalue weighted by atomic mass is 31.2. The van der Waals surface area contributed by atoms with Gasteiger partial charge in [0.15, 0.2) is 5.78 Å². The van der Waals surface area contributed by atoms with E-state index < -0.39 is 19.8 Å². The number of hydrogen-bond donors (Lipinski definition) is 5. The van der Waals surface area contributed by atoms with Gasteiger partial charge in [-0.2, -0.15) is 0 Å². The van der Waals surface area contributed by atoms with Crippen molar-refractivity contribution in [2.24, 2.45) is 17.6 Å². The largest absolute Gasteiger partial charge is 0.524 e. The minimum atomic E-state index is -4.70. The molecule has 0 saturated carbocycles. The third-order valence-corrected chi connectivity index (χ3v) is 7.26. The Morgan fingerprint density at radius 3 is 2.20 bits per heavy atom. The number of benzene rings is 1. The van der Waals surface area contributed by atoms with Gasteiger partial charge in [-0.3, -0.25) is 29.0 Å². The van der Waals surface area contributed by atoms with Gasteiger partial charge >= 0.3 is 7.82 Å². The van der Waals surface area contributed by atoms with Crippen LogP contribution in [0, 0.1) is 11.8 Å². The van der Waals surface area contributed by atoms with Crippen molar-refractivity contribution >= 4 is 31.3 Å². The smallest absolute Gasteiger partial charge is 0.404 e. The first-order valence-electron chi connectivity index (χ1n) is 14.1. The second-order valence-electron chi connectivity index (χ2n) is 10.2. The van der Waals surface area contributed by atoms with E-state index >= 15 is 0 Å². The van der Waals surface area contributed by atoms with E-state index in [0.29, 0.717) is 44.2 Å². The molecule has 0 radical (unpaired) electrons. The molecule has 0 saturated heterocycles. The van der Waals surface area contributed by atoms with E-state index in [4.69, 9.17) is 15.5 Å². The molecule has 12 heteroatoms. The predicted molar refractivity (Wildman–Crippen MR) is 152 cm³/mol. The summed E-state index contributed by atoms with van der Waals surface area (Å²) in [5, 5.41) is 5.75. The summed E-state index contributed by atoms with van der Waals surface area (Å²) in [6.45, 7) is 6.33. The van der Waals surface area contributed by atoms with E-state index in [1.165, 1.54) is 12.1 Å². The number of ketones is 1. The molecule has 0 aromatic heterocycles.